The molecule has 0 bridgehead atoms. The number of quaternary nitrogens is 1. The molecule has 0 saturated carbocycles. The number of carbonyl (C=O) groups is 3. The number of nitrogens with one attached hydrogen (secondary N) is 1. The van der Waals surface area contributed by atoms with Crippen molar-refractivity contribution >= 4 is 28.9 Å². The summed E-state index contributed by atoms with van der Waals surface area (Å²) >= 11 is 0. The van der Waals surface area contributed by atoms with Crippen molar-refractivity contribution in [3.05, 3.63) is 118 Å². The van der Waals surface area contributed by atoms with Crippen LogP contribution in [-0.2, 0) is 10.8 Å². The number of rotatable bonds is 6. The molecule has 7 heterocycles. The van der Waals surface area contributed by atoms with Crippen molar-refractivity contribution in [1.82, 2.24) is 54.2 Å². The second kappa shape index (κ2) is 19.8. The molecule has 7 aromatic rings. The van der Waals surface area contributed by atoms with E-state index in [4.69, 9.17) is 20.2 Å². The number of nitrogens with zero attached hydrogens (tertiary/aromatic N) is 10. The summed E-state index contributed by atoms with van der Waals surface area (Å²) in [6.07, 6.45) is 4.60. The number of hydrogen-bond acceptors (Lipinski definition) is 9. The summed E-state index contributed by atoms with van der Waals surface area (Å²) in [6, 6.07) is 20.8. The Hall–Kier alpha value is -6.32. The summed E-state index contributed by atoms with van der Waals surface area (Å²) in [6.45, 7) is 30.1. The molecule has 2 aliphatic heterocycles. The molecule has 70 heavy (non-hydrogen) atoms. The molecule has 0 spiro atoms. The molecular weight excluding hydrogens is 900 g/mol. The Balaban J connectivity index is 0.000000229. The molecule has 0 aliphatic carbocycles. The van der Waals surface area contributed by atoms with Crippen molar-refractivity contribution in [2.24, 2.45) is 5.92 Å². The predicted octanol–water partition coefficient (Wildman–Crippen LogP) is 5.38. The number of amides is 2. The van der Waals surface area contributed by atoms with Crippen LogP contribution >= 0.6 is 0 Å². The molecule has 15 nitrogen and oxygen atoms in total. The number of aromatic amines is 1. The van der Waals surface area contributed by atoms with Crippen molar-refractivity contribution in [2.45, 2.75) is 132 Å². The van der Waals surface area contributed by atoms with Crippen LogP contribution in [0.1, 0.15) is 149 Å². The van der Waals surface area contributed by atoms with Crippen LogP contribution in [-0.4, -0.2) is 109 Å². The number of aryl methyl sites for hydroxylation is 3. The summed E-state index contributed by atoms with van der Waals surface area (Å²) in [7, 11) is 0. The lowest BCUT2D eigenvalue weighted by molar-refractivity contribution is -0.673. The van der Waals surface area contributed by atoms with Gasteiger partial charge in [-0.15, -0.1) is 0 Å². The van der Waals surface area contributed by atoms with E-state index in [0.29, 0.717) is 42.2 Å². The minimum atomic E-state index is -0.538. The van der Waals surface area contributed by atoms with E-state index < -0.39 is 5.54 Å². The highest BCUT2D eigenvalue weighted by atomic mass is 35.5. The highest BCUT2D eigenvalue weighted by Gasteiger charge is 2.42. The fraction of sp³-hybridized carbons (Fsp3) is 0.463. The maximum absolute atomic E-state index is 13.8. The number of benzene rings is 2. The third-order valence-electron chi connectivity index (χ3n) is 13.4. The van der Waals surface area contributed by atoms with Crippen LogP contribution in [0.2, 0.25) is 0 Å². The molecule has 3 N–H and O–H groups in total. The zero-order valence-electron chi connectivity index (χ0n) is 42.4. The summed E-state index contributed by atoms with van der Waals surface area (Å²) in [5.74, 6) is 0.336. The monoisotopic (exact) mass is 971 g/mol. The number of hydrogen-bond donors (Lipinski definition) is 2. The maximum Gasteiger partial charge on any atom is 0.275 e. The number of halogens is 1. The number of Topliss-reactive ketones (excluding diaryl/α,β-unsaturated/α-hetero) is 1. The van der Waals surface area contributed by atoms with E-state index in [-0.39, 0.29) is 65.5 Å². The molecule has 372 valence electrons. The van der Waals surface area contributed by atoms with Crippen LogP contribution in [0.5, 0.6) is 0 Å². The van der Waals surface area contributed by atoms with E-state index in [2.05, 4.69) is 150 Å². The zero-order valence-corrected chi connectivity index (χ0v) is 43.2. The van der Waals surface area contributed by atoms with Gasteiger partial charge in [-0.3, -0.25) is 19.5 Å². The molecule has 16 heteroatoms. The molecule has 1 unspecified atom stereocenters. The topological polar surface area (TPSA) is 176 Å². The van der Waals surface area contributed by atoms with Gasteiger partial charge >= 0.3 is 0 Å². The second-order valence-electron chi connectivity index (χ2n) is 22.0. The average molecular weight is 972 g/mol. The number of imidazole rings is 2. The molecule has 2 aliphatic rings. The third kappa shape index (κ3) is 10.8. The Labute approximate surface area is 418 Å². The Kier molecular flexibility index (Phi) is 15.0. The molecular formula is C54H71ClN12O3. The smallest absolute Gasteiger partial charge is 0.275 e. The summed E-state index contributed by atoms with van der Waals surface area (Å²) in [4.78, 5) is 57.7. The normalized spacial score (nSPS) is 16.8. The number of piperidine rings is 1. The standard InChI is InChI=1S/C29H35N7O2.C24H31N5O.CH4.ClH/c1-17-8-10-19(11-9-17)22-14-21(28(3,4)5)26-31-23(16-36(26)34-22)27(38)35-13-12-20(15-29(35,6)7)24(37)25-30-18(2)32-33-25;1-16-7-9-17(10-8-16)19-13-18(23(2,3)4)21-26-20(14-29(21)27-19)22(30)28-12-11-25-15-24(28,5)6;;/h8-11,14,16,20H,12-13,15H2,1-7H3,(H,30,32,33);7-10,13-14,25H,11-12,15H2,1-6H3;1H4;1H. The lowest BCUT2D eigenvalue weighted by Gasteiger charge is -2.44. The fourth-order valence-electron chi connectivity index (χ4n) is 9.38. The lowest BCUT2D eigenvalue weighted by atomic mass is 9.80. The van der Waals surface area contributed by atoms with Gasteiger partial charge in [-0.05, 0) is 84.3 Å². The SMILES string of the molecule is C.Cc1ccc(-c2cc(C(C)(C)C)c3nc(C(=O)N4CCC(C(=O)c5n[nH]c(C)n5)CC4(C)C)cn3n2)cc1.Cc1ccc(-c2cc(C(C)(C)C)c3nc(C(=O)N4CC[NH2+]CC4(C)C)cn3n2)cc1.[Cl-]. The summed E-state index contributed by atoms with van der Waals surface area (Å²) < 4.78 is 3.52. The van der Waals surface area contributed by atoms with Gasteiger partial charge in [0.25, 0.3) is 11.8 Å². The van der Waals surface area contributed by atoms with E-state index in [9.17, 15) is 14.4 Å². The first-order valence-electron chi connectivity index (χ1n) is 23.7. The van der Waals surface area contributed by atoms with Crippen LogP contribution < -0.4 is 17.7 Å². The first kappa shape index (κ1) is 53.0. The van der Waals surface area contributed by atoms with Gasteiger partial charge in [0.1, 0.15) is 17.2 Å². The average Bonchev–Trinajstić information content (AvgIpc) is 4.03. The van der Waals surface area contributed by atoms with Gasteiger partial charge < -0.3 is 27.5 Å². The minimum absolute atomic E-state index is 0. The third-order valence-corrected chi connectivity index (χ3v) is 13.4. The van der Waals surface area contributed by atoms with E-state index >= 15 is 0 Å². The summed E-state index contributed by atoms with van der Waals surface area (Å²) in [5, 5.41) is 18.7. The second-order valence-corrected chi connectivity index (χ2v) is 22.0. The van der Waals surface area contributed by atoms with Gasteiger partial charge in [-0.1, -0.05) is 109 Å². The van der Waals surface area contributed by atoms with E-state index in [1.54, 1.807) is 28.3 Å². The van der Waals surface area contributed by atoms with Crippen molar-refractivity contribution in [3.8, 4) is 22.5 Å². The van der Waals surface area contributed by atoms with E-state index in [1.165, 1.54) is 11.1 Å². The van der Waals surface area contributed by atoms with Gasteiger partial charge in [-0.25, -0.2) is 24.0 Å². The number of carbonyl (C=O) groups excluding carboxylic acids is 3. The maximum atomic E-state index is 13.8. The van der Waals surface area contributed by atoms with Crippen LogP contribution in [0.3, 0.4) is 0 Å². The number of nitrogens with two attached hydrogens (primary N) is 1. The molecule has 1 atom stereocenters. The van der Waals surface area contributed by atoms with Gasteiger partial charge in [0.15, 0.2) is 11.3 Å². The van der Waals surface area contributed by atoms with Crippen molar-refractivity contribution in [2.75, 3.05) is 26.2 Å². The van der Waals surface area contributed by atoms with Crippen LogP contribution in [0.4, 0.5) is 0 Å². The molecule has 9 rings (SSSR count). The van der Waals surface area contributed by atoms with Crippen molar-refractivity contribution in [1.29, 1.82) is 0 Å². The van der Waals surface area contributed by atoms with Crippen LogP contribution in [0.15, 0.2) is 73.1 Å². The first-order chi connectivity index (χ1) is 31.9. The van der Waals surface area contributed by atoms with Crippen molar-refractivity contribution < 1.29 is 32.1 Å². The van der Waals surface area contributed by atoms with Crippen LogP contribution in [0.25, 0.3) is 33.8 Å². The fourth-order valence-corrected chi connectivity index (χ4v) is 9.38. The first-order valence-corrected chi connectivity index (χ1v) is 23.7. The highest BCUT2D eigenvalue weighted by Crippen LogP contribution is 2.36. The van der Waals surface area contributed by atoms with Gasteiger partial charge in [0, 0.05) is 40.3 Å². The van der Waals surface area contributed by atoms with Crippen LogP contribution in [0, 0.1) is 26.7 Å². The molecule has 2 fully saturated rings. The van der Waals surface area contributed by atoms with E-state index in [1.807, 2.05) is 23.6 Å². The van der Waals surface area contributed by atoms with Gasteiger partial charge in [0.05, 0.1) is 49.0 Å². The lowest BCUT2D eigenvalue weighted by Crippen LogP contribution is -3.00. The number of aromatic nitrogens is 9. The molecule has 0 radical (unpaired) electrons. The zero-order chi connectivity index (χ0) is 49.1. The Morgan fingerprint density at radius 2 is 1.13 bits per heavy atom. The molecule has 5 aromatic heterocycles. The number of piperazine rings is 1. The number of H-pyrrole nitrogens is 1. The van der Waals surface area contributed by atoms with Crippen molar-refractivity contribution in [3.63, 3.8) is 0 Å². The molecule has 2 saturated heterocycles. The Bertz CT molecular complexity index is 3020. The Morgan fingerprint density at radius 1 is 0.671 bits per heavy atom. The predicted molar refractivity (Wildman–Crippen MR) is 271 cm³/mol. The van der Waals surface area contributed by atoms with Gasteiger partial charge in [0.2, 0.25) is 11.6 Å². The number of ketones is 1. The minimum Gasteiger partial charge on any atom is -1.00 e. The summed E-state index contributed by atoms with van der Waals surface area (Å²) in [5.41, 5.74) is 9.48. The largest absolute Gasteiger partial charge is 1.00 e. The Morgan fingerprint density at radius 3 is 1.53 bits per heavy atom. The quantitative estimate of drug-likeness (QED) is 0.207. The van der Waals surface area contributed by atoms with E-state index in [0.717, 1.165) is 58.9 Å². The number of fused-ring (bicyclic) bond motifs is 2. The highest BCUT2D eigenvalue weighted by molar-refractivity contribution is 5.96. The molecule has 2 aromatic carbocycles. The van der Waals surface area contributed by atoms with Gasteiger partial charge in [-0.2, -0.15) is 15.3 Å². The molecule has 2 amide bonds. The number of likely N-dealkylation sites (tertiary alicyclic amines) is 1.